The Labute approximate surface area is 137 Å². The van der Waals surface area contributed by atoms with Crippen LogP contribution in [0.5, 0.6) is 5.75 Å². The number of nitrogens with zero attached hydrogens (tertiary/aromatic N) is 1. The molecule has 0 aromatic heterocycles. The molecular weight excluding hydrogens is 292 g/mol. The molecule has 2 aliphatic heterocycles. The van der Waals surface area contributed by atoms with Crippen molar-refractivity contribution in [3.63, 3.8) is 0 Å². The number of benzene rings is 1. The van der Waals surface area contributed by atoms with E-state index in [1.807, 2.05) is 31.2 Å². The summed E-state index contributed by atoms with van der Waals surface area (Å²) in [5.74, 6) is 0.936. The summed E-state index contributed by atoms with van der Waals surface area (Å²) < 4.78 is 11.1. The van der Waals surface area contributed by atoms with Crippen LogP contribution >= 0.6 is 0 Å². The predicted octanol–water partition coefficient (Wildman–Crippen LogP) is 1.61. The molecule has 0 unspecified atom stereocenters. The van der Waals surface area contributed by atoms with Gasteiger partial charge in [0.1, 0.15) is 5.75 Å². The molecule has 0 radical (unpaired) electrons. The lowest BCUT2D eigenvalue weighted by Gasteiger charge is -2.33. The second-order valence-electron chi connectivity index (χ2n) is 6.51. The molecule has 23 heavy (non-hydrogen) atoms. The molecule has 3 atom stereocenters. The maximum Gasteiger partial charge on any atom is 0.224 e. The maximum atomic E-state index is 12.3. The second kappa shape index (κ2) is 7.32. The van der Waals surface area contributed by atoms with Crippen LogP contribution in [0.2, 0.25) is 0 Å². The summed E-state index contributed by atoms with van der Waals surface area (Å²) in [6.45, 7) is 7.41. The van der Waals surface area contributed by atoms with Crippen LogP contribution < -0.4 is 10.1 Å². The van der Waals surface area contributed by atoms with E-state index in [0.29, 0.717) is 25.2 Å². The van der Waals surface area contributed by atoms with Gasteiger partial charge in [-0.15, -0.1) is 0 Å². The van der Waals surface area contributed by atoms with Crippen LogP contribution in [0.3, 0.4) is 0 Å². The summed E-state index contributed by atoms with van der Waals surface area (Å²) in [6, 6.07) is 8.45. The molecule has 0 bridgehead atoms. The van der Waals surface area contributed by atoms with Crippen molar-refractivity contribution in [2.24, 2.45) is 0 Å². The average molecular weight is 318 g/mol. The first-order chi connectivity index (χ1) is 11.1. The third-order valence-corrected chi connectivity index (χ3v) is 4.56. The van der Waals surface area contributed by atoms with Crippen molar-refractivity contribution >= 4 is 5.91 Å². The topological polar surface area (TPSA) is 50.8 Å². The van der Waals surface area contributed by atoms with Gasteiger partial charge in [-0.3, -0.25) is 9.69 Å². The third kappa shape index (κ3) is 4.24. The number of morpholine rings is 1. The van der Waals surface area contributed by atoms with Gasteiger partial charge in [0.15, 0.2) is 0 Å². The molecule has 1 N–H and O–H groups in total. The summed E-state index contributed by atoms with van der Waals surface area (Å²) in [7, 11) is 0. The molecule has 0 saturated carbocycles. The zero-order valence-corrected chi connectivity index (χ0v) is 14.0. The van der Waals surface area contributed by atoms with Gasteiger partial charge in [0.05, 0.1) is 25.7 Å². The molecule has 126 valence electrons. The number of hydrogen-bond donors (Lipinski definition) is 1. The van der Waals surface area contributed by atoms with Crippen molar-refractivity contribution in [1.82, 2.24) is 10.2 Å². The van der Waals surface area contributed by atoms with Crippen LogP contribution in [0.1, 0.15) is 25.8 Å². The van der Waals surface area contributed by atoms with E-state index >= 15 is 0 Å². The monoisotopic (exact) mass is 318 g/mol. The Morgan fingerprint density at radius 2 is 2.13 bits per heavy atom. The first kappa shape index (κ1) is 16.3. The van der Waals surface area contributed by atoms with Crippen molar-refractivity contribution in [3.8, 4) is 5.75 Å². The highest BCUT2D eigenvalue weighted by atomic mass is 16.5. The zero-order valence-electron chi connectivity index (χ0n) is 14.0. The number of carbonyl (C=O) groups is 1. The molecule has 1 amide bonds. The molecule has 2 saturated heterocycles. The Morgan fingerprint density at radius 3 is 2.87 bits per heavy atom. The van der Waals surface area contributed by atoms with Gasteiger partial charge in [0.2, 0.25) is 5.91 Å². The highest BCUT2D eigenvalue weighted by Crippen LogP contribution is 2.23. The minimum Gasteiger partial charge on any atom is -0.494 e. The van der Waals surface area contributed by atoms with Gasteiger partial charge >= 0.3 is 0 Å². The number of rotatable bonds is 5. The minimum absolute atomic E-state index is 0.0907. The SMILES string of the molecule is CCOc1ccc(CC(=O)N[C@H]2C[C@H]3CO[C@@H](C)CN3C2)cc1. The van der Waals surface area contributed by atoms with E-state index in [-0.39, 0.29) is 11.9 Å². The Morgan fingerprint density at radius 1 is 1.35 bits per heavy atom. The number of fused-ring (bicyclic) bond motifs is 1. The largest absolute Gasteiger partial charge is 0.494 e. The summed E-state index contributed by atoms with van der Waals surface area (Å²) in [6.07, 6.45) is 1.70. The number of ether oxygens (including phenoxy) is 2. The quantitative estimate of drug-likeness (QED) is 0.896. The Kier molecular flexibility index (Phi) is 5.18. The second-order valence-corrected chi connectivity index (χ2v) is 6.51. The van der Waals surface area contributed by atoms with Crippen LogP contribution in [0.4, 0.5) is 0 Å². The first-order valence-corrected chi connectivity index (χ1v) is 8.50. The van der Waals surface area contributed by atoms with Gasteiger partial charge in [-0.1, -0.05) is 12.1 Å². The normalized spacial score (nSPS) is 27.5. The van der Waals surface area contributed by atoms with E-state index in [4.69, 9.17) is 9.47 Å². The van der Waals surface area contributed by atoms with Gasteiger partial charge in [-0.2, -0.15) is 0 Å². The van der Waals surface area contributed by atoms with E-state index in [0.717, 1.165) is 37.4 Å². The van der Waals surface area contributed by atoms with Gasteiger partial charge in [-0.05, 0) is 38.0 Å². The molecular formula is C18H26N2O3. The molecule has 5 heteroatoms. The molecule has 3 rings (SSSR count). The van der Waals surface area contributed by atoms with Crippen molar-refractivity contribution < 1.29 is 14.3 Å². The van der Waals surface area contributed by atoms with E-state index < -0.39 is 0 Å². The molecule has 1 aromatic rings. The van der Waals surface area contributed by atoms with Gasteiger partial charge in [0, 0.05) is 25.2 Å². The van der Waals surface area contributed by atoms with Gasteiger partial charge in [-0.25, -0.2) is 0 Å². The molecule has 2 fully saturated rings. The zero-order chi connectivity index (χ0) is 16.2. The molecule has 0 spiro atoms. The van der Waals surface area contributed by atoms with E-state index in [1.165, 1.54) is 0 Å². The lowest BCUT2D eigenvalue weighted by Crippen LogP contribution is -2.45. The molecule has 0 aliphatic carbocycles. The predicted molar refractivity (Wildman–Crippen MR) is 88.6 cm³/mol. The molecule has 5 nitrogen and oxygen atoms in total. The van der Waals surface area contributed by atoms with Crippen molar-refractivity contribution in [2.45, 2.75) is 44.9 Å². The van der Waals surface area contributed by atoms with Crippen molar-refractivity contribution in [2.75, 3.05) is 26.3 Å². The minimum atomic E-state index is 0.0907. The van der Waals surface area contributed by atoms with Crippen LogP contribution in [0.15, 0.2) is 24.3 Å². The lowest BCUT2D eigenvalue weighted by molar-refractivity contribution is -0.121. The standard InChI is InChI=1S/C18H26N2O3/c1-3-22-17-6-4-14(5-7-17)8-18(21)19-15-9-16-12-23-13(2)10-20(16)11-15/h4-7,13,15-16H,3,8-12H2,1-2H3,(H,19,21)/t13-,15-,16-/m0/s1. The summed E-state index contributed by atoms with van der Waals surface area (Å²) in [4.78, 5) is 14.7. The molecule has 2 aliphatic rings. The highest BCUT2D eigenvalue weighted by Gasteiger charge is 2.36. The van der Waals surface area contributed by atoms with Gasteiger partial charge < -0.3 is 14.8 Å². The number of carbonyl (C=O) groups excluding carboxylic acids is 1. The number of amides is 1. The maximum absolute atomic E-state index is 12.3. The Hall–Kier alpha value is -1.59. The summed E-state index contributed by atoms with van der Waals surface area (Å²) in [5, 5.41) is 3.17. The third-order valence-electron chi connectivity index (χ3n) is 4.56. The lowest BCUT2D eigenvalue weighted by atomic mass is 10.1. The fourth-order valence-corrected chi connectivity index (χ4v) is 3.48. The molecule has 2 heterocycles. The Bertz CT molecular complexity index is 532. The van der Waals surface area contributed by atoms with E-state index in [1.54, 1.807) is 0 Å². The van der Waals surface area contributed by atoms with Crippen LogP contribution in [0, 0.1) is 0 Å². The van der Waals surface area contributed by atoms with Crippen molar-refractivity contribution in [3.05, 3.63) is 29.8 Å². The number of nitrogens with one attached hydrogen (secondary N) is 1. The summed E-state index contributed by atoms with van der Waals surface area (Å²) >= 11 is 0. The van der Waals surface area contributed by atoms with Crippen molar-refractivity contribution in [1.29, 1.82) is 0 Å². The van der Waals surface area contributed by atoms with Crippen LogP contribution in [-0.4, -0.2) is 55.3 Å². The average Bonchev–Trinajstić information content (AvgIpc) is 2.90. The van der Waals surface area contributed by atoms with E-state index in [9.17, 15) is 4.79 Å². The first-order valence-electron chi connectivity index (χ1n) is 8.50. The summed E-state index contributed by atoms with van der Waals surface area (Å²) in [5.41, 5.74) is 1.01. The Balaban J connectivity index is 1.48. The fourth-order valence-electron chi connectivity index (χ4n) is 3.48. The highest BCUT2D eigenvalue weighted by molar-refractivity contribution is 5.79. The van der Waals surface area contributed by atoms with E-state index in [2.05, 4.69) is 17.1 Å². The fraction of sp³-hybridized carbons (Fsp3) is 0.611. The smallest absolute Gasteiger partial charge is 0.224 e. The number of hydrogen-bond acceptors (Lipinski definition) is 4. The van der Waals surface area contributed by atoms with Crippen LogP contribution in [-0.2, 0) is 16.0 Å². The van der Waals surface area contributed by atoms with Crippen LogP contribution in [0.25, 0.3) is 0 Å². The molecule has 1 aromatic carbocycles. The van der Waals surface area contributed by atoms with Gasteiger partial charge in [0.25, 0.3) is 0 Å².